The highest BCUT2D eigenvalue weighted by molar-refractivity contribution is 5.77. The highest BCUT2D eigenvalue weighted by atomic mass is 19.1. The van der Waals surface area contributed by atoms with Gasteiger partial charge in [-0.3, -0.25) is 0 Å². The van der Waals surface area contributed by atoms with Crippen LogP contribution in [-0.2, 0) is 17.6 Å². The third-order valence-electron chi connectivity index (χ3n) is 4.49. The van der Waals surface area contributed by atoms with E-state index in [-0.39, 0.29) is 12.8 Å². The van der Waals surface area contributed by atoms with Gasteiger partial charge in [0.25, 0.3) is 0 Å². The minimum atomic E-state index is -2.04. The van der Waals surface area contributed by atoms with Gasteiger partial charge in [0.05, 0.1) is 7.11 Å². The van der Waals surface area contributed by atoms with E-state index in [0.29, 0.717) is 23.3 Å². The van der Waals surface area contributed by atoms with Crippen molar-refractivity contribution in [2.45, 2.75) is 38.7 Å². The van der Waals surface area contributed by atoms with E-state index in [0.717, 1.165) is 0 Å². The molecule has 0 aliphatic rings. The van der Waals surface area contributed by atoms with Crippen molar-refractivity contribution in [1.29, 1.82) is 0 Å². The van der Waals surface area contributed by atoms with Gasteiger partial charge in [-0.15, -0.1) is 0 Å². The maximum absolute atomic E-state index is 13.6. The van der Waals surface area contributed by atoms with E-state index in [2.05, 4.69) is 0 Å². The van der Waals surface area contributed by atoms with Gasteiger partial charge in [-0.2, -0.15) is 0 Å². The van der Waals surface area contributed by atoms with Crippen LogP contribution in [0.15, 0.2) is 42.5 Å². The summed E-state index contributed by atoms with van der Waals surface area (Å²) in [6, 6.07) is 9.50. The maximum Gasteiger partial charge on any atom is 0.336 e. The van der Waals surface area contributed by atoms with Crippen molar-refractivity contribution in [2.24, 2.45) is 5.41 Å². The number of methoxy groups -OCH3 is 1. The predicted molar refractivity (Wildman–Crippen MR) is 97.7 cm³/mol. The molecule has 0 radical (unpaired) electrons. The molecule has 0 spiro atoms. The van der Waals surface area contributed by atoms with E-state index < -0.39 is 28.6 Å². The molecule has 0 bridgehead atoms. The lowest BCUT2D eigenvalue weighted by molar-refractivity contribution is -0.162. The third-order valence-corrected chi connectivity index (χ3v) is 4.49. The van der Waals surface area contributed by atoms with Gasteiger partial charge in [0.15, 0.2) is 5.60 Å². The monoisotopic (exact) mass is 378 g/mol. The van der Waals surface area contributed by atoms with Gasteiger partial charge in [0, 0.05) is 6.42 Å². The zero-order chi connectivity index (χ0) is 20.2. The fourth-order valence-corrected chi connectivity index (χ4v) is 3.41. The minimum absolute atomic E-state index is 0.0770. The van der Waals surface area contributed by atoms with E-state index in [1.54, 1.807) is 13.8 Å². The van der Waals surface area contributed by atoms with Crippen LogP contribution in [0.5, 0.6) is 5.75 Å². The third kappa shape index (κ3) is 5.50. The molecule has 0 aliphatic carbocycles. The number of carboxylic acids is 1. The molecule has 146 valence electrons. The Balaban J connectivity index is 2.24. The van der Waals surface area contributed by atoms with Gasteiger partial charge >= 0.3 is 5.97 Å². The van der Waals surface area contributed by atoms with Gasteiger partial charge in [-0.25, -0.2) is 13.6 Å². The topological polar surface area (TPSA) is 66.8 Å². The zero-order valence-electron chi connectivity index (χ0n) is 15.6. The molecule has 0 aliphatic heterocycles. The molecule has 0 saturated carbocycles. The van der Waals surface area contributed by atoms with Crippen LogP contribution in [-0.4, -0.2) is 28.9 Å². The quantitative estimate of drug-likeness (QED) is 0.729. The lowest BCUT2D eigenvalue weighted by atomic mass is 9.74. The summed E-state index contributed by atoms with van der Waals surface area (Å²) in [6.07, 6.45) is 0.0750. The number of carbonyl (C=O) groups is 1. The molecule has 1 atom stereocenters. The van der Waals surface area contributed by atoms with Crippen molar-refractivity contribution >= 4 is 5.97 Å². The summed E-state index contributed by atoms with van der Waals surface area (Å²) < 4.78 is 31.9. The molecule has 4 nitrogen and oxygen atoms in total. The summed E-state index contributed by atoms with van der Waals surface area (Å²) in [4.78, 5) is 11.8. The fraction of sp³-hybridized carbons (Fsp3) is 0.381. The van der Waals surface area contributed by atoms with Crippen molar-refractivity contribution in [3.8, 4) is 5.75 Å². The van der Waals surface area contributed by atoms with Gasteiger partial charge < -0.3 is 14.9 Å². The first-order valence-electron chi connectivity index (χ1n) is 8.57. The lowest BCUT2D eigenvalue weighted by Crippen LogP contribution is -2.45. The summed E-state index contributed by atoms with van der Waals surface area (Å²) in [6.45, 7) is 3.60. The van der Waals surface area contributed by atoms with Crippen LogP contribution >= 0.6 is 0 Å². The number of aliphatic hydroxyl groups is 1. The van der Waals surface area contributed by atoms with Crippen molar-refractivity contribution in [3.63, 3.8) is 0 Å². The first-order valence-corrected chi connectivity index (χ1v) is 8.57. The second kappa shape index (κ2) is 8.05. The smallest absolute Gasteiger partial charge is 0.336 e. The molecule has 0 amide bonds. The molecule has 0 saturated heterocycles. The van der Waals surface area contributed by atoms with Crippen LogP contribution in [0.1, 0.15) is 31.4 Å². The molecule has 0 aromatic heterocycles. The van der Waals surface area contributed by atoms with Crippen molar-refractivity contribution in [3.05, 3.63) is 65.2 Å². The van der Waals surface area contributed by atoms with Crippen LogP contribution < -0.4 is 4.74 Å². The first kappa shape index (κ1) is 20.8. The Morgan fingerprint density at radius 1 is 1.04 bits per heavy atom. The highest BCUT2D eigenvalue weighted by Crippen LogP contribution is 2.36. The van der Waals surface area contributed by atoms with Gasteiger partial charge in [-0.1, -0.05) is 26.0 Å². The van der Waals surface area contributed by atoms with Crippen LogP contribution in [0.25, 0.3) is 0 Å². The number of halogens is 2. The number of aliphatic carboxylic acids is 1. The summed E-state index contributed by atoms with van der Waals surface area (Å²) in [7, 11) is 1.48. The van der Waals surface area contributed by atoms with Crippen molar-refractivity contribution in [2.75, 3.05) is 7.11 Å². The standard InChI is InChI=1S/C21H24F2O4/c1-20(2,12-15-10-17(23)8-9-18(15)27-3)13-21(26,19(24)25)11-14-4-6-16(22)7-5-14/h4-10,26H,11-13H2,1-3H3,(H,24,25). The average molecular weight is 378 g/mol. The summed E-state index contributed by atoms with van der Waals surface area (Å²) in [5.74, 6) is -1.70. The number of benzene rings is 2. The SMILES string of the molecule is COc1ccc(F)cc1CC(C)(C)CC(O)(Cc1ccc(F)cc1)C(=O)O. The van der Waals surface area contributed by atoms with Gasteiger partial charge in [0.1, 0.15) is 17.4 Å². The molecule has 27 heavy (non-hydrogen) atoms. The number of hydrogen-bond donors (Lipinski definition) is 2. The second-order valence-electron chi connectivity index (χ2n) is 7.61. The Morgan fingerprint density at radius 2 is 1.63 bits per heavy atom. The van der Waals surface area contributed by atoms with Gasteiger partial charge in [-0.05, 0) is 59.7 Å². The molecule has 0 fully saturated rings. The largest absolute Gasteiger partial charge is 0.496 e. The van der Waals surface area contributed by atoms with E-state index in [1.807, 2.05) is 0 Å². The Morgan fingerprint density at radius 3 is 2.19 bits per heavy atom. The normalized spacial score (nSPS) is 13.9. The summed E-state index contributed by atoms with van der Waals surface area (Å²) in [5.41, 5.74) is -1.60. The molecule has 6 heteroatoms. The number of carboxylic acid groups (broad SMARTS) is 1. The highest BCUT2D eigenvalue weighted by Gasteiger charge is 2.41. The Hall–Kier alpha value is -2.47. The zero-order valence-corrected chi connectivity index (χ0v) is 15.6. The lowest BCUT2D eigenvalue weighted by Gasteiger charge is -2.34. The van der Waals surface area contributed by atoms with E-state index in [9.17, 15) is 23.8 Å². The minimum Gasteiger partial charge on any atom is -0.496 e. The van der Waals surface area contributed by atoms with Crippen molar-refractivity contribution < 1.29 is 28.5 Å². The number of hydrogen-bond acceptors (Lipinski definition) is 3. The molecular formula is C21H24F2O4. The molecule has 2 N–H and O–H groups in total. The molecule has 2 aromatic rings. The Labute approximate surface area is 157 Å². The van der Waals surface area contributed by atoms with E-state index in [4.69, 9.17) is 4.74 Å². The number of rotatable bonds is 8. The number of ether oxygens (including phenoxy) is 1. The van der Waals surface area contributed by atoms with Crippen LogP contribution in [0, 0.1) is 17.0 Å². The van der Waals surface area contributed by atoms with Crippen molar-refractivity contribution in [1.82, 2.24) is 0 Å². The first-order chi connectivity index (χ1) is 12.5. The fourth-order valence-electron chi connectivity index (χ4n) is 3.41. The van der Waals surface area contributed by atoms with E-state index >= 15 is 0 Å². The summed E-state index contributed by atoms with van der Waals surface area (Å²) >= 11 is 0. The average Bonchev–Trinajstić information content (AvgIpc) is 2.56. The molecule has 0 heterocycles. The molecule has 2 aromatic carbocycles. The van der Waals surface area contributed by atoms with E-state index in [1.165, 1.54) is 49.6 Å². The molecular weight excluding hydrogens is 354 g/mol. The molecule has 1 unspecified atom stereocenters. The predicted octanol–water partition coefficient (Wildman–Crippen LogP) is 3.99. The maximum atomic E-state index is 13.6. The Kier molecular flexibility index (Phi) is 6.21. The Bertz CT molecular complexity index is 802. The van der Waals surface area contributed by atoms with Gasteiger partial charge in [0.2, 0.25) is 0 Å². The van der Waals surface area contributed by atoms with Crippen LogP contribution in [0.2, 0.25) is 0 Å². The summed E-state index contributed by atoms with van der Waals surface area (Å²) in [5, 5.41) is 20.4. The second-order valence-corrected chi connectivity index (χ2v) is 7.61. The van der Waals surface area contributed by atoms with Crippen LogP contribution in [0.3, 0.4) is 0 Å². The molecule has 2 rings (SSSR count). The van der Waals surface area contributed by atoms with Crippen LogP contribution in [0.4, 0.5) is 8.78 Å².